The summed E-state index contributed by atoms with van der Waals surface area (Å²) in [7, 11) is 0. The van der Waals surface area contributed by atoms with Crippen LogP contribution in [0.1, 0.15) is 32.6 Å². The molecule has 0 aromatic rings. The van der Waals surface area contributed by atoms with E-state index in [0.717, 1.165) is 25.6 Å². The molecular weight excluding hydrogens is 374 g/mol. The lowest BCUT2D eigenvalue weighted by Crippen LogP contribution is -2.27. The fourth-order valence-corrected chi connectivity index (χ4v) is 5.75. The minimum Gasteiger partial charge on any atom is -0.0826 e. The molecular formula is C10H16I2. The normalized spacial score (nSPS) is 53.8. The van der Waals surface area contributed by atoms with Gasteiger partial charge in [0.2, 0.25) is 0 Å². The third kappa shape index (κ3) is 1.93. The van der Waals surface area contributed by atoms with Crippen molar-refractivity contribution < 1.29 is 0 Å². The van der Waals surface area contributed by atoms with Gasteiger partial charge in [-0.15, -0.1) is 0 Å². The summed E-state index contributed by atoms with van der Waals surface area (Å²) < 4.78 is 1.96. The van der Waals surface area contributed by atoms with E-state index < -0.39 is 0 Å². The van der Waals surface area contributed by atoms with Crippen LogP contribution in [0.4, 0.5) is 0 Å². The molecule has 0 aliphatic heterocycles. The van der Waals surface area contributed by atoms with E-state index in [1.165, 1.54) is 25.7 Å². The van der Waals surface area contributed by atoms with Crippen LogP contribution in [0, 0.1) is 17.8 Å². The smallest absolute Gasteiger partial charge is 0.0115 e. The van der Waals surface area contributed by atoms with Gasteiger partial charge in [-0.3, -0.25) is 0 Å². The summed E-state index contributed by atoms with van der Waals surface area (Å²) in [5, 5.41) is 0. The van der Waals surface area contributed by atoms with Crippen LogP contribution in [0.3, 0.4) is 0 Å². The summed E-state index contributed by atoms with van der Waals surface area (Å²) in [4.78, 5) is 0. The number of fused-ring (bicyclic) bond motifs is 1. The third-order valence-electron chi connectivity index (χ3n) is 3.61. The monoisotopic (exact) mass is 390 g/mol. The summed E-state index contributed by atoms with van der Waals surface area (Å²) in [5.74, 6) is 3.17. The lowest BCUT2D eigenvalue weighted by atomic mass is 9.75. The van der Waals surface area contributed by atoms with E-state index in [1.54, 1.807) is 0 Å². The summed E-state index contributed by atoms with van der Waals surface area (Å²) in [6, 6.07) is 0. The molecule has 0 spiro atoms. The molecule has 0 amide bonds. The van der Waals surface area contributed by atoms with Gasteiger partial charge in [-0.2, -0.15) is 0 Å². The van der Waals surface area contributed by atoms with Gasteiger partial charge in [0, 0.05) is 7.85 Å². The molecule has 5 atom stereocenters. The quantitative estimate of drug-likeness (QED) is 0.433. The molecule has 2 saturated carbocycles. The second kappa shape index (κ2) is 3.91. The Morgan fingerprint density at radius 2 is 1.50 bits per heavy atom. The number of halogens is 2. The molecule has 0 heterocycles. The van der Waals surface area contributed by atoms with Crippen molar-refractivity contribution in [3.63, 3.8) is 0 Å². The molecule has 2 rings (SSSR count). The van der Waals surface area contributed by atoms with Gasteiger partial charge in [-0.05, 0) is 43.4 Å². The number of rotatable bonds is 0. The first-order valence-electron chi connectivity index (χ1n) is 4.95. The van der Waals surface area contributed by atoms with Crippen LogP contribution in [0.25, 0.3) is 0 Å². The van der Waals surface area contributed by atoms with E-state index in [2.05, 4.69) is 52.1 Å². The highest BCUT2D eigenvalue weighted by Crippen LogP contribution is 2.49. The van der Waals surface area contributed by atoms with Crippen LogP contribution in [0.15, 0.2) is 0 Å². The van der Waals surface area contributed by atoms with Crippen molar-refractivity contribution in [2.45, 2.75) is 40.5 Å². The van der Waals surface area contributed by atoms with E-state index in [0.29, 0.717) is 0 Å². The second-order valence-corrected chi connectivity index (χ2v) is 8.06. The lowest BCUT2D eigenvalue weighted by Gasteiger charge is -2.34. The summed E-state index contributed by atoms with van der Waals surface area (Å²) in [6.45, 7) is 2.47. The van der Waals surface area contributed by atoms with E-state index in [-0.39, 0.29) is 0 Å². The average molecular weight is 390 g/mol. The molecule has 0 aromatic carbocycles. The van der Waals surface area contributed by atoms with Crippen LogP contribution >= 0.6 is 45.2 Å². The molecule has 0 N–H and O–H groups in total. The van der Waals surface area contributed by atoms with Gasteiger partial charge in [-0.25, -0.2) is 0 Å². The molecule has 0 radical (unpaired) electrons. The first-order chi connectivity index (χ1) is 5.66. The Morgan fingerprint density at radius 3 is 2.17 bits per heavy atom. The van der Waals surface area contributed by atoms with E-state index >= 15 is 0 Å². The van der Waals surface area contributed by atoms with E-state index in [4.69, 9.17) is 0 Å². The van der Waals surface area contributed by atoms with Crippen LogP contribution < -0.4 is 0 Å². The maximum atomic E-state index is 2.65. The Bertz CT molecular complexity index is 169. The van der Waals surface area contributed by atoms with Gasteiger partial charge < -0.3 is 0 Å². The summed E-state index contributed by atoms with van der Waals surface area (Å²) in [6.07, 6.45) is 6.00. The van der Waals surface area contributed by atoms with Gasteiger partial charge in [-0.1, -0.05) is 52.1 Å². The molecule has 70 valence electrons. The minimum absolute atomic E-state index is 0.973. The van der Waals surface area contributed by atoms with Crippen molar-refractivity contribution in [2.75, 3.05) is 0 Å². The molecule has 2 aliphatic carbocycles. The van der Waals surface area contributed by atoms with Crippen molar-refractivity contribution >= 4 is 45.2 Å². The van der Waals surface area contributed by atoms with Crippen LogP contribution in [0.5, 0.6) is 0 Å². The molecule has 0 nitrogen and oxygen atoms in total. The highest BCUT2D eigenvalue weighted by atomic mass is 127. The van der Waals surface area contributed by atoms with Crippen molar-refractivity contribution in [1.82, 2.24) is 0 Å². The van der Waals surface area contributed by atoms with E-state index in [1.807, 2.05) is 0 Å². The van der Waals surface area contributed by atoms with Crippen molar-refractivity contribution in [3.05, 3.63) is 0 Å². The maximum absolute atomic E-state index is 2.65. The van der Waals surface area contributed by atoms with Crippen LogP contribution in [-0.4, -0.2) is 7.85 Å². The molecule has 4 unspecified atom stereocenters. The Kier molecular flexibility index (Phi) is 3.26. The zero-order valence-corrected chi connectivity index (χ0v) is 11.8. The Hall–Kier alpha value is 1.46. The zero-order valence-electron chi connectivity index (χ0n) is 7.47. The third-order valence-corrected chi connectivity index (χ3v) is 5.64. The predicted molar refractivity (Wildman–Crippen MR) is 70.2 cm³/mol. The van der Waals surface area contributed by atoms with Crippen molar-refractivity contribution in [3.8, 4) is 0 Å². The lowest BCUT2D eigenvalue weighted by molar-refractivity contribution is 0.207. The summed E-state index contributed by atoms with van der Waals surface area (Å²) >= 11 is 5.30. The standard InChI is InChI=1S/C10H16I2/c1-6-2-8(11)3-7-4-9(12)5-10(6)7/h6-10H,2-5H2,1H3/t6-,7?,8?,9?,10?/m0/s1. The molecule has 0 saturated heterocycles. The average Bonchev–Trinajstić information content (AvgIpc) is 2.29. The minimum atomic E-state index is 0.973. The highest BCUT2D eigenvalue weighted by Gasteiger charge is 2.40. The van der Waals surface area contributed by atoms with Crippen molar-refractivity contribution in [2.24, 2.45) is 17.8 Å². The zero-order chi connectivity index (χ0) is 8.72. The van der Waals surface area contributed by atoms with Gasteiger partial charge in [0.25, 0.3) is 0 Å². The fourth-order valence-electron chi connectivity index (χ4n) is 3.06. The topological polar surface area (TPSA) is 0 Å². The van der Waals surface area contributed by atoms with Gasteiger partial charge in [0.1, 0.15) is 0 Å². The molecule has 2 aliphatic rings. The van der Waals surface area contributed by atoms with Crippen LogP contribution in [-0.2, 0) is 0 Å². The van der Waals surface area contributed by atoms with Crippen LogP contribution in [0.2, 0.25) is 0 Å². The van der Waals surface area contributed by atoms with Crippen molar-refractivity contribution in [1.29, 1.82) is 0 Å². The Morgan fingerprint density at radius 1 is 0.917 bits per heavy atom. The summed E-state index contributed by atoms with van der Waals surface area (Å²) in [5.41, 5.74) is 0. The van der Waals surface area contributed by atoms with Gasteiger partial charge in [0.15, 0.2) is 0 Å². The first-order valence-corrected chi connectivity index (χ1v) is 7.44. The molecule has 0 bridgehead atoms. The predicted octanol–water partition coefficient (Wildman–Crippen LogP) is 4.05. The number of hydrogen-bond donors (Lipinski definition) is 0. The number of alkyl halides is 2. The second-order valence-electron chi connectivity index (χ2n) is 4.54. The molecule has 2 heteroatoms. The first kappa shape index (κ1) is 9.99. The Labute approximate surface area is 103 Å². The Balaban J connectivity index is 2.05. The van der Waals surface area contributed by atoms with Gasteiger partial charge >= 0.3 is 0 Å². The fraction of sp³-hybridized carbons (Fsp3) is 1.00. The number of hydrogen-bond acceptors (Lipinski definition) is 0. The van der Waals surface area contributed by atoms with Gasteiger partial charge in [0.05, 0.1) is 0 Å². The largest absolute Gasteiger partial charge is 0.0826 e. The SMILES string of the molecule is C[C@H]1CC(I)CC2CC(I)CC21. The highest BCUT2D eigenvalue weighted by molar-refractivity contribution is 14.1. The van der Waals surface area contributed by atoms with E-state index in [9.17, 15) is 0 Å². The molecule has 0 aromatic heterocycles. The molecule has 2 fully saturated rings. The molecule has 12 heavy (non-hydrogen) atoms. The maximum Gasteiger partial charge on any atom is 0.0115 e.